The maximum Gasteiger partial charge on any atom is 0.0392 e. The summed E-state index contributed by atoms with van der Waals surface area (Å²) < 4.78 is 0. The summed E-state index contributed by atoms with van der Waals surface area (Å²) in [6, 6.07) is 9.68. The van der Waals surface area contributed by atoms with Crippen LogP contribution in [-0.4, -0.2) is 43.0 Å². The number of fused-ring (bicyclic) bond motifs is 1. The van der Waals surface area contributed by atoms with E-state index in [1.54, 1.807) is 22.3 Å². The van der Waals surface area contributed by atoms with Gasteiger partial charge in [0.2, 0.25) is 0 Å². The Hall–Kier alpha value is -1.38. The second-order valence-electron chi connectivity index (χ2n) is 7.37. The van der Waals surface area contributed by atoms with E-state index in [0.29, 0.717) is 6.04 Å². The molecule has 0 aromatic heterocycles. The van der Waals surface area contributed by atoms with Crippen LogP contribution in [0.4, 0.5) is 0 Å². The summed E-state index contributed by atoms with van der Waals surface area (Å²) in [5.74, 6) is 0. The normalized spacial score (nSPS) is 27.0. The molecule has 1 aromatic rings. The number of hydrogen-bond donors (Lipinski definition) is 0. The van der Waals surface area contributed by atoms with Crippen molar-refractivity contribution in [3.63, 3.8) is 0 Å². The molecular formula is C22H32N2. The second kappa shape index (κ2) is 8.13. The summed E-state index contributed by atoms with van der Waals surface area (Å²) in [5.41, 5.74) is 6.26. The van der Waals surface area contributed by atoms with Gasteiger partial charge in [0, 0.05) is 32.2 Å². The number of hydrogen-bond acceptors (Lipinski definition) is 2. The van der Waals surface area contributed by atoms with Gasteiger partial charge in [-0.25, -0.2) is 0 Å². The largest absolute Gasteiger partial charge is 0.304 e. The maximum absolute atomic E-state index is 2.72. The van der Waals surface area contributed by atoms with E-state index in [1.165, 1.54) is 39.0 Å². The molecule has 24 heavy (non-hydrogen) atoms. The van der Waals surface area contributed by atoms with Crippen LogP contribution in [0, 0.1) is 0 Å². The molecule has 1 heterocycles. The van der Waals surface area contributed by atoms with Crippen LogP contribution in [0.5, 0.6) is 0 Å². The standard InChI is InChI=1S/C22H32N2/c1-4-5-8-20-17-22(24-15-13-23(3)14-16-24)21-10-7-6-9-19(21)12-11-18(20)2/h5-10,22H,4,11-17H2,1-3H3/b8-5-,20-18-. The molecule has 0 amide bonds. The molecule has 2 nitrogen and oxygen atoms in total. The third-order valence-electron chi connectivity index (χ3n) is 5.68. The Morgan fingerprint density at radius 2 is 1.83 bits per heavy atom. The van der Waals surface area contributed by atoms with E-state index in [1.807, 2.05) is 0 Å². The SMILES string of the molecule is CC/C=C\C1=C(/C)CCc2ccccc2C(N2CCN(C)CC2)C1. The van der Waals surface area contributed by atoms with E-state index in [4.69, 9.17) is 0 Å². The Morgan fingerprint density at radius 1 is 1.08 bits per heavy atom. The predicted molar refractivity (Wildman–Crippen MR) is 103 cm³/mol. The van der Waals surface area contributed by atoms with Crippen molar-refractivity contribution in [2.45, 2.75) is 45.6 Å². The predicted octanol–water partition coefficient (Wildman–Crippen LogP) is 4.59. The van der Waals surface area contributed by atoms with Gasteiger partial charge in [-0.1, -0.05) is 48.9 Å². The minimum absolute atomic E-state index is 0.529. The Morgan fingerprint density at radius 3 is 2.58 bits per heavy atom. The second-order valence-corrected chi connectivity index (χ2v) is 7.37. The van der Waals surface area contributed by atoms with Crippen molar-refractivity contribution in [3.05, 3.63) is 58.7 Å². The van der Waals surface area contributed by atoms with Gasteiger partial charge in [-0.2, -0.15) is 0 Å². The van der Waals surface area contributed by atoms with Gasteiger partial charge < -0.3 is 4.90 Å². The highest BCUT2D eigenvalue weighted by Crippen LogP contribution is 2.35. The van der Waals surface area contributed by atoms with E-state index in [9.17, 15) is 0 Å². The van der Waals surface area contributed by atoms with Crippen molar-refractivity contribution in [2.24, 2.45) is 0 Å². The van der Waals surface area contributed by atoms with Crippen molar-refractivity contribution in [1.29, 1.82) is 0 Å². The number of aryl methyl sites for hydroxylation is 1. The monoisotopic (exact) mass is 324 g/mol. The van der Waals surface area contributed by atoms with Gasteiger partial charge >= 0.3 is 0 Å². The number of rotatable bonds is 3. The topological polar surface area (TPSA) is 6.48 Å². The van der Waals surface area contributed by atoms with Crippen LogP contribution in [0.2, 0.25) is 0 Å². The van der Waals surface area contributed by atoms with Gasteiger partial charge in [0.15, 0.2) is 0 Å². The van der Waals surface area contributed by atoms with Crippen molar-refractivity contribution >= 4 is 0 Å². The fourth-order valence-corrected chi connectivity index (χ4v) is 3.99. The van der Waals surface area contributed by atoms with Crippen LogP contribution >= 0.6 is 0 Å². The quantitative estimate of drug-likeness (QED) is 0.802. The molecule has 130 valence electrons. The third kappa shape index (κ3) is 3.99. The van der Waals surface area contributed by atoms with Crippen molar-refractivity contribution in [2.75, 3.05) is 33.2 Å². The molecule has 1 fully saturated rings. The van der Waals surface area contributed by atoms with Gasteiger partial charge in [0.1, 0.15) is 0 Å². The van der Waals surface area contributed by atoms with Crippen LogP contribution in [0.15, 0.2) is 47.6 Å². The molecular weight excluding hydrogens is 292 g/mol. The molecule has 2 aliphatic rings. The van der Waals surface area contributed by atoms with Crippen LogP contribution in [0.1, 0.15) is 50.3 Å². The van der Waals surface area contributed by atoms with Gasteiger partial charge in [-0.3, -0.25) is 4.90 Å². The molecule has 0 bridgehead atoms. The fraction of sp³-hybridized carbons (Fsp3) is 0.545. The highest BCUT2D eigenvalue weighted by atomic mass is 15.3. The van der Waals surface area contributed by atoms with Gasteiger partial charge in [-0.15, -0.1) is 0 Å². The van der Waals surface area contributed by atoms with Crippen LogP contribution in [0.25, 0.3) is 0 Å². The molecule has 1 aromatic carbocycles. The average molecular weight is 325 g/mol. The number of allylic oxidation sites excluding steroid dienone is 3. The van der Waals surface area contributed by atoms with Crippen LogP contribution in [-0.2, 0) is 6.42 Å². The highest BCUT2D eigenvalue weighted by Gasteiger charge is 2.27. The number of nitrogens with zero attached hydrogens (tertiary/aromatic N) is 2. The zero-order chi connectivity index (χ0) is 16.9. The summed E-state index contributed by atoms with van der Waals surface area (Å²) in [4.78, 5) is 5.17. The first-order chi connectivity index (χ1) is 11.7. The summed E-state index contributed by atoms with van der Waals surface area (Å²) >= 11 is 0. The lowest BCUT2D eigenvalue weighted by atomic mass is 9.85. The molecule has 0 N–H and O–H groups in total. The first-order valence-corrected chi connectivity index (χ1v) is 9.54. The summed E-state index contributed by atoms with van der Waals surface area (Å²) in [6.45, 7) is 9.29. The molecule has 0 saturated carbocycles. The highest BCUT2D eigenvalue weighted by molar-refractivity contribution is 5.37. The van der Waals surface area contributed by atoms with Crippen LogP contribution in [0.3, 0.4) is 0 Å². The Labute approximate surface area is 147 Å². The molecule has 3 rings (SSSR count). The minimum atomic E-state index is 0.529. The molecule has 1 aliphatic carbocycles. The molecule has 0 radical (unpaired) electrons. The lowest BCUT2D eigenvalue weighted by Crippen LogP contribution is -2.46. The Bertz CT molecular complexity index is 606. The van der Waals surface area contributed by atoms with Gasteiger partial charge in [-0.05, 0) is 56.4 Å². The molecule has 2 heteroatoms. The van der Waals surface area contributed by atoms with E-state index >= 15 is 0 Å². The minimum Gasteiger partial charge on any atom is -0.304 e. The number of piperazine rings is 1. The first kappa shape index (κ1) is 17.4. The van der Waals surface area contributed by atoms with Crippen LogP contribution < -0.4 is 0 Å². The van der Waals surface area contributed by atoms with E-state index in [0.717, 1.165) is 12.8 Å². The Kier molecular flexibility index (Phi) is 5.91. The average Bonchev–Trinajstić information content (AvgIpc) is 2.60. The van der Waals surface area contributed by atoms with Gasteiger partial charge in [0.25, 0.3) is 0 Å². The van der Waals surface area contributed by atoms with Crippen molar-refractivity contribution < 1.29 is 0 Å². The molecule has 1 atom stereocenters. The fourth-order valence-electron chi connectivity index (χ4n) is 3.99. The smallest absolute Gasteiger partial charge is 0.0392 e. The summed E-state index contributed by atoms with van der Waals surface area (Å²) in [6.07, 6.45) is 9.36. The zero-order valence-corrected chi connectivity index (χ0v) is 15.6. The van der Waals surface area contributed by atoms with Crippen molar-refractivity contribution in [1.82, 2.24) is 9.80 Å². The lowest BCUT2D eigenvalue weighted by molar-refractivity contribution is 0.110. The Balaban J connectivity index is 1.94. The van der Waals surface area contributed by atoms with E-state index in [-0.39, 0.29) is 0 Å². The van der Waals surface area contributed by atoms with E-state index in [2.05, 4.69) is 67.1 Å². The zero-order valence-electron chi connectivity index (χ0n) is 15.6. The molecule has 1 unspecified atom stereocenters. The van der Waals surface area contributed by atoms with E-state index < -0.39 is 0 Å². The molecule has 1 aliphatic heterocycles. The summed E-state index contributed by atoms with van der Waals surface area (Å²) in [7, 11) is 2.24. The molecule has 1 saturated heterocycles. The maximum atomic E-state index is 2.72. The first-order valence-electron chi connectivity index (χ1n) is 9.54. The lowest BCUT2D eigenvalue weighted by Gasteiger charge is -2.40. The van der Waals surface area contributed by atoms with Crippen molar-refractivity contribution in [3.8, 4) is 0 Å². The third-order valence-corrected chi connectivity index (χ3v) is 5.68. The molecule has 0 spiro atoms. The number of benzene rings is 1. The summed E-state index contributed by atoms with van der Waals surface area (Å²) in [5, 5.41) is 0. The van der Waals surface area contributed by atoms with Gasteiger partial charge in [0.05, 0.1) is 0 Å². The number of likely N-dealkylation sites (N-methyl/N-ethyl adjacent to an activating group) is 1.